The number of hydrogen-bond acceptors (Lipinski definition) is 4. The summed E-state index contributed by atoms with van der Waals surface area (Å²) < 4.78 is 5.21. The number of nitrogens with zero attached hydrogens (tertiary/aromatic N) is 1. The Hall–Kier alpha value is -1.93. The second-order valence-corrected chi connectivity index (χ2v) is 5.64. The molecule has 1 amide bonds. The quantitative estimate of drug-likeness (QED) is 0.925. The Kier molecular flexibility index (Phi) is 4.70. The van der Waals surface area contributed by atoms with Gasteiger partial charge in [-0.25, -0.2) is 0 Å². The molecule has 0 saturated carbocycles. The first-order valence-electron chi connectivity index (χ1n) is 6.40. The van der Waals surface area contributed by atoms with Gasteiger partial charge in [0, 0.05) is 12.3 Å². The predicted octanol–water partition coefficient (Wildman–Crippen LogP) is 2.79. The van der Waals surface area contributed by atoms with E-state index >= 15 is 0 Å². The third-order valence-corrected chi connectivity index (χ3v) is 4.04. The number of hydrogen-bond donors (Lipinski definition) is 1. The number of thioether (sulfide) groups is 1. The zero-order chi connectivity index (χ0) is 14.5. The summed E-state index contributed by atoms with van der Waals surface area (Å²) in [7, 11) is 1.60. The summed E-state index contributed by atoms with van der Waals surface area (Å²) in [6, 6.07) is 9.79. The SMILES string of the molecule is CCSC1=C(C#N)[C@H](c2cccc(OC)c2)CC(=O)N1. The molecule has 20 heavy (non-hydrogen) atoms. The maximum absolute atomic E-state index is 11.8. The van der Waals surface area contributed by atoms with E-state index < -0.39 is 0 Å². The number of nitrogens with one attached hydrogen (secondary N) is 1. The fourth-order valence-corrected chi connectivity index (χ4v) is 3.04. The highest BCUT2D eigenvalue weighted by molar-refractivity contribution is 8.03. The Bertz CT molecular complexity index is 590. The van der Waals surface area contributed by atoms with E-state index in [1.807, 2.05) is 31.2 Å². The van der Waals surface area contributed by atoms with E-state index in [0.29, 0.717) is 17.0 Å². The van der Waals surface area contributed by atoms with Crippen LogP contribution in [0.1, 0.15) is 24.8 Å². The van der Waals surface area contributed by atoms with E-state index in [2.05, 4.69) is 11.4 Å². The molecule has 0 spiro atoms. The zero-order valence-corrected chi connectivity index (χ0v) is 12.3. The third-order valence-electron chi connectivity index (χ3n) is 3.14. The highest BCUT2D eigenvalue weighted by Crippen LogP contribution is 2.36. The minimum absolute atomic E-state index is 0.0484. The monoisotopic (exact) mass is 288 g/mol. The first-order chi connectivity index (χ1) is 9.69. The van der Waals surface area contributed by atoms with Crippen LogP contribution in [-0.2, 0) is 4.79 Å². The molecule has 1 heterocycles. The molecule has 104 valence electrons. The summed E-state index contributed by atoms with van der Waals surface area (Å²) >= 11 is 1.49. The fourth-order valence-electron chi connectivity index (χ4n) is 2.22. The van der Waals surface area contributed by atoms with Gasteiger partial charge in [-0.1, -0.05) is 19.1 Å². The number of benzene rings is 1. The average Bonchev–Trinajstić information content (AvgIpc) is 2.47. The molecule has 1 atom stereocenters. The Morgan fingerprint density at radius 3 is 3.00 bits per heavy atom. The molecule has 2 rings (SSSR count). The van der Waals surface area contributed by atoms with Gasteiger partial charge in [0.1, 0.15) is 5.75 Å². The topological polar surface area (TPSA) is 62.1 Å². The van der Waals surface area contributed by atoms with Crippen molar-refractivity contribution in [3.05, 3.63) is 40.4 Å². The Balaban J connectivity index is 2.44. The second-order valence-electron chi connectivity index (χ2n) is 4.37. The normalized spacial score (nSPS) is 18.4. The standard InChI is InChI=1S/C15H16N2O2S/c1-3-20-15-13(9-16)12(8-14(18)17-15)10-5-4-6-11(7-10)19-2/h4-7,12H,3,8H2,1-2H3,(H,17,18)/t12-/m0/s1. The number of carbonyl (C=O) groups is 1. The summed E-state index contributed by atoms with van der Waals surface area (Å²) in [5.41, 5.74) is 1.56. The summed E-state index contributed by atoms with van der Waals surface area (Å²) in [5, 5.41) is 12.9. The Morgan fingerprint density at radius 1 is 1.55 bits per heavy atom. The van der Waals surface area contributed by atoms with Crippen LogP contribution in [-0.4, -0.2) is 18.8 Å². The lowest BCUT2D eigenvalue weighted by Gasteiger charge is -2.25. The summed E-state index contributed by atoms with van der Waals surface area (Å²) in [6.07, 6.45) is 0.295. The van der Waals surface area contributed by atoms with Gasteiger partial charge >= 0.3 is 0 Å². The van der Waals surface area contributed by atoms with Crippen LogP contribution in [0.5, 0.6) is 5.75 Å². The number of amides is 1. The third kappa shape index (κ3) is 2.97. The fraction of sp³-hybridized carbons (Fsp3) is 0.333. The van der Waals surface area contributed by atoms with E-state index in [1.54, 1.807) is 7.11 Å². The van der Waals surface area contributed by atoms with Gasteiger partial charge in [-0.3, -0.25) is 4.79 Å². The molecule has 0 aliphatic carbocycles. The van der Waals surface area contributed by atoms with E-state index in [0.717, 1.165) is 17.1 Å². The maximum Gasteiger partial charge on any atom is 0.225 e. The number of carbonyl (C=O) groups excluding carboxylic acids is 1. The number of allylic oxidation sites excluding steroid dienone is 1. The molecule has 1 N–H and O–H groups in total. The molecule has 0 unspecified atom stereocenters. The van der Waals surface area contributed by atoms with Crippen LogP contribution in [0.3, 0.4) is 0 Å². The summed E-state index contributed by atoms with van der Waals surface area (Å²) in [4.78, 5) is 11.8. The molecular formula is C15H16N2O2S. The van der Waals surface area contributed by atoms with Crippen LogP contribution in [0.15, 0.2) is 34.9 Å². The lowest BCUT2D eigenvalue weighted by Crippen LogP contribution is -2.30. The van der Waals surface area contributed by atoms with E-state index in [4.69, 9.17) is 4.74 Å². The van der Waals surface area contributed by atoms with Gasteiger partial charge in [0.2, 0.25) is 5.91 Å². The molecular weight excluding hydrogens is 272 g/mol. The second kappa shape index (κ2) is 6.49. The number of ether oxygens (including phenoxy) is 1. The smallest absolute Gasteiger partial charge is 0.225 e. The van der Waals surface area contributed by atoms with Crippen molar-refractivity contribution in [2.24, 2.45) is 0 Å². The van der Waals surface area contributed by atoms with E-state index in [-0.39, 0.29) is 11.8 Å². The molecule has 4 nitrogen and oxygen atoms in total. The van der Waals surface area contributed by atoms with Crippen LogP contribution in [0.2, 0.25) is 0 Å². The van der Waals surface area contributed by atoms with Gasteiger partial charge in [0.05, 0.1) is 23.8 Å². The van der Waals surface area contributed by atoms with Gasteiger partial charge in [-0.2, -0.15) is 5.26 Å². The lowest BCUT2D eigenvalue weighted by atomic mass is 9.87. The van der Waals surface area contributed by atoms with Crippen molar-refractivity contribution in [3.8, 4) is 11.8 Å². The van der Waals surface area contributed by atoms with Crippen LogP contribution in [0, 0.1) is 11.3 Å². The van der Waals surface area contributed by atoms with Crippen molar-refractivity contribution in [1.82, 2.24) is 5.32 Å². The Morgan fingerprint density at radius 2 is 2.35 bits per heavy atom. The minimum atomic E-state index is -0.196. The van der Waals surface area contributed by atoms with Crippen molar-refractivity contribution >= 4 is 17.7 Å². The van der Waals surface area contributed by atoms with Gasteiger partial charge in [-0.15, -0.1) is 11.8 Å². The zero-order valence-electron chi connectivity index (χ0n) is 11.5. The van der Waals surface area contributed by atoms with Crippen molar-refractivity contribution in [2.45, 2.75) is 19.3 Å². The number of nitriles is 1. The van der Waals surface area contributed by atoms with Crippen molar-refractivity contribution < 1.29 is 9.53 Å². The first-order valence-corrected chi connectivity index (χ1v) is 7.39. The van der Waals surface area contributed by atoms with Crippen LogP contribution < -0.4 is 10.1 Å². The summed E-state index contributed by atoms with van der Waals surface area (Å²) in [6.45, 7) is 1.99. The molecule has 0 radical (unpaired) electrons. The van der Waals surface area contributed by atoms with E-state index in [9.17, 15) is 10.1 Å². The Labute approximate surface area is 122 Å². The van der Waals surface area contributed by atoms with Crippen molar-refractivity contribution in [2.75, 3.05) is 12.9 Å². The molecule has 1 aliphatic rings. The average molecular weight is 288 g/mol. The molecule has 1 aliphatic heterocycles. The van der Waals surface area contributed by atoms with Crippen LogP contribution in [0.25, 0.3) is 0 Å². The highest BCUT2D eigenvalue weighted by atomic mass is 32.2. The van der Waals surface area contributed by atoms with Crippen LogP contribution >= 0.6 is 11.8 Å². The molecule has 5 heteroatoms. The van der Waals surface area contributed by atoms with Gasteiger partial charge in [0.25, 0.3) is 0 Å². The first kappa shape index (κ1) is 14.5. The molecule has 1 aromatic rings. The van der Waals surface area contributed by atoms with Gasteiger partial charge in [-0.05, 0) is 23.4 Å². The minimum Gasteiger partial charge on any atom is -0.497 e. The van der Waals surface area contributed by atoms with Crippen molar-refractivity contribution in [3.63, 3.8) is 0 Å². The maximum atomic E-state index is 11.8. The number of methoxy groups -OCH3 is 1. The molecule has 0 aromatic heterocycles. The molecule has 0 fully saturated rings. The number of rotatable bonds is 4. The lowest BCUT2D eigenvalue weighted by molar-refractivity contribution is -0.120. The van der Waals surface area contributed by atoms with E-state index in [1.165, 1.54) is 11.8 Å². The highest BCUT2D eigenvalue weighted by Gasteiger charge is 2.29. The van der Waals surface area contributed by atoms with Crippen molar-refractivity contribution in [1.29, 1.82) is 5.26 Å². The van der Waals surface area contributed by atoms with Crippen LogP contribution in [0.4, 0.5) is 0 Å². The molecule has 0 bridgehead atoms. The van der Waals surface area contributed by atoms with Gasteiger partial charge in [0.15, 0.2) is 0 Å². The molecule has 0 saturated heterocycles. The molecule has 1 aromatic carbocycles. The predicted molar refractivity (Wildman–Crippen MR) is 79.3 cm³/mol. The largest absolute Gasteiger partial charge is 0.497 e. The van der Waals surface area contributed by atoms with Gasteiger partial charge < -0.3 is 10.1 Å². The summed E-state index contributed by atoms with van der Waals surface area (Å²) in [5.74, 6) is 1.30.